The first-order valence-corrected chi connectivity index (χ1v) is 8.50. The van der Waals surface area contributed by atoms with E-state index in [1.165, 1.54) is 32.5 Å². The molecule has 3 nitrogen and oxygen atoms in total. The lowest BCUT2D eigenvalue weighted by atomic mass is 10.0. The Morgan fingerprint density at radius 3 is 2.91 bits per heavy atom. The van der Waals surface area contributed by atoms with Crippen LogP contribution < -0.4 is 14.4 Å². The molecule has 1 N–H and O–H groups in total. The third kappa shape index (κ3) is 5.06. The van der Waals surface area contributed by atoms with Crippen molar-refractivity contribution in [1.82, 2.24) is 0 Å². The molecule has 0 radical (unpaired) electrons. The summed E-state index contributed by atoms with van der Waals surface area (Å²) in [5, 5.41) is 0. The monoisotopic (exact) mass is 304 g/mol. The maximum Gasteiger partial charge on any atom is 0.161 e. The Kier molecular flexibility index (Phi) is 6.78. The second kappa shape index (κ2) is 8.84. The van der Waals surface area contributed by atoms with Crippen LogP contribution >= 0.6 is 0 Å². The van der Waals surface area contributed by atoms with Crippen LogP contribution in [0.1, 0.15) is 38.7 Å². The van der Waals surface area contributed by atoms with Crippen LogP contribution in [-0.4, -0.2) is 33.4 Å². The van der Waals surface area contributed by atoms with Gasteiger partial charge in [0, 0.05) is 12.3 Å². The highest BCUT2D eigenvalue weighted by Crippen LogP contribution is 2.28. The zero-order chi connectivity index (χ0) is 15.8. The van der Waals surface area contributed by atoms with Crippen LogP contribution in [0.15, 0.2) is 24.3 Å². The molecule has 1 aromatic rings. The fourth-order valence-electron chi connectivity index (χ4n) is 3.23. The normalized spacial score (nSPS) is 22.0. The van der Waals surface area contributed by atoms with E-state index in [0.29, 0.717) is 0 Å². The van der Waals surface area contributed by atoms with Crippen molar-refractivity contribution in [2.24, 2.45) is 5.92 Å². The summed E-state index contributed by atoms with van der Waals surface area (Å²) >= 11 is 0. The molecule has 0 spiro atoms. The Morgan fingerprint density at radius 2 is 2.18 bits per heavy atom. The lowest BCUT2D eigenvalue weighted by Gasteiger charge is -2.27. The van der Waals surface area contributed by atoms with Crippen molar-refractivity contribution >= 4 is 6.08 Å². The summed E-state index contributed by atoms with van der Waals surface area (Å²) in [6.45, 7) is 9.00. The van der Waals surface area contributed by atoms with Crippen molar-refractivity contribution in [1.29, 1.82) is 0 Å². The number of hydrogen-bond donors (Lipinski definition) is 1. The van der Waals surface area contributed by atoms with Crippen LogP contribution in [0.2, 0.25) is 0 Å². The van der Waals surface area contributed by atoms with E-state index in [2.05, 4.69) is 19.1 Å². The molecule has 1 aliphatic rings. The molecular formula is C19H30NO2+. The summed E-state index contributed by atoms with van der Waals surface area (Å²) in [6, 6.07) is 6.09. The summed E-state index contributed by atoms with van der Waals surface area (Å²) in [7, 11) is 1.70. The molecule has 1 heterocycles. The summed E-state index contributed by atoms with van der Waals surface area (Å²) in [5.74, 6) is 2.54. The minimum Gasteiger partial charge on any atom is -0.493 e. The number of ether oxygens (including phenoxy) is 2. The van der Waals surface area contributed by atoms with Crippen molar-refractivity contribution in [3.63, 3.8) is 0 Å². The molecule has 2 atom stereocenters. The summed E-state index contributed by atoms with van der Waals surface area (Å²) in [5.41, 5.74) is 1.14. The lowest BCUT2D eigenvalue weighted by Crippen LogP contribution is -3.13. The molecule has 0 amide bonds. The number of nitrogens with one attached hydrogen (secondary N) is 1. The molecule has 22 heavy (non-hydrogen) atoms. The third-order valence-electron chi connectivity index (χ3n) is 4.34. The predicted octanol–water partition coefficient (Wildman–Crippen LogP) is 2.81. The van der Waals surface area contributed by atoms with Gasteiger partial charge in [0.25, 0.3) is 0 Å². The second-order valence-corrected chi connectivity index (χ2v) is 6.31. The molecule has 0 aromatic heterocycles. The highest BCUT2D eigenvalue weighted by molar-refractivity contribution is 5.55. The van der Waals surface area contributed by atoms with Crippen molar-refractivity contribution < 1.29 is 14.4 Å². The second-order valence-electron chi connectivity index (χ2n) is 6.31. The van der Waals surface area contributed by atoms with Gasteiger partial charge in [-0.3, -0.25) is 0 Å². The molecule has 3 heteroatoms. The Hall–Kier alpha value is -1.48. The molecule has 1 unspecified atom stereocenters. The van der Waals surface area contributed by atoms with Gasteiger partial charge in [0.15, 0.2) is 11.5 Å². The highest BCUT2D eigenvalue weighted by Gasteiger charge is 2.18. The molecular weight excluding hydrogens is 274 g/mol. The number of likely N-dealkylation sites (tertiary alicyclic amines) is 1. The van der Waals surface area contributed by atoms with Gasteiger partial charge < -0.3 is 14.4 Å². The van der Waals surface area contributed by atoms with Crippen LogP contribution in [0, 0.1) is 5.92 Å². The topological polar surface area (TPSA) is 22.9 Å². The van der Waals surface area contributed by atoms with Gasteiger partial charge in [-0.25, -0.2) is 0 Å². The first kappa shape index (κ1) is 16.9. The van der Waals surface area contributed by atoms with Crippen molar-refractivity contribution in [2.45, 2.75) is 33.1 Å². The van der Waals surface area contributed by atoms with Gasteiger partial charge in [0.1, 0.15) is 0 Å². The number of hydrogen-bond acceptors (Lipinski definition) is 2. The fourth-order valence-corrected chi connectivity index (χ4v) is 3.23. The highest BCUT2D eigenvalue weighted by atomic mass is 16.5. The van der Waals surface area contributed by atoms with E-state index in [-0.39, 0.29) is 0 Å². The third-order valence-corrected chi connectivity index (χ3v) is 4.34. The van der Waals surface area contributed by atoms with Gasteiger partial charge in [-0.05, 0) is 37.5 Å². The van der Waals surface area contributed by atoms with E-state index in [4.69, 9.17) is 9.47 Å². The summed E-state index contributed by atoms with van der Waals surface area (Å²) < 4.78 is 11.3. The van der Waals surface area contributed by atoms with E-state index < -0.39 is 0 Å². The van der Waals surface area contributed by atoms with Crippen LogP contribution in [0.3, 0.4) is 0 Å². The van der Waals surface area contributed by atoms with E-state index in [9.17, 15) is 0 Å². The number of piperidine rings is 1. The van der Waals surface area contributed by atoms with Gasteiger partial charge >= 0.3 is 0 Å². The van der Waals surface area contributed by atoms with E-state index in [0.717, 1.165) is 36.0 Å². The van der Waals surface area contributed by atoms with Crippen molar-refractivity contribution in [3.8, 4) is 11.5 Å². The van der Waals surface area contributed by atoms with Crippen LogP contribution in [0.4, 0.5) is 0 Å². The van der Waals surface area contributed by atoms with Gasteiger partial charge in [-0.1, -0.05) is 25.1 Å². The van der Waals surface area contributed by atoms with E-state index in [1.54, 1.807) is 12.0 Å². The fraction of sp³-hybridized carbons (Fsp3) is 0.579. The standard InChI is InChI=1S/C19H29NO2/c1-4-7-17-9-10-18(19(14-17)21-3)22-13-6-12-20-11-5-8-16(2)15-20/h4,7,9-10,14,16H,5-6,8,11-13,15H2,1-3H3/p+1/b7-4+/t16-/m1/s1. The smallest absolute Gasteiger partial charge is 0.161 e. The average molecular weight is 304 g/mol. The Labute approximate surface area is 134 Å². The summed E-state index contributed by atoms with van der Waals surface area (Å²) in [4.78, 5) is 1.73. The Bertz CT molecular complexity index is 484. The van der Waals surface area contributed by atoms with Crippen molar-refractivity contribution in [3.05, 3.63) is 29.8 Å². The Morgan fingerprint density at radius 1 is 1.32 bits per heavy atom. The molecule has 1 aliphatic heterocycles. The molecule has 122 valence electrons. The first-order valence-electron chi connectivity index (χ1n) is 8.50. The average Bonchev–Trinajstić information content (AvgIpc) is 2.53. The van der Waals surface area contributed by atoms with Gasteiger partial charge in [-0.15, -0.1) is 0 Å². The maximum absolute atomic E-state index is 5.92. The number of quaternary nitrogens is 1. The quantitative estimate of drug-likeness (QED) is 0.783. The van der Waals surface area contributed by atoms with Gasteiger partial charge in [-0.2, -0.15) is 0 Å². The minimum atomic E-state index is 0.761. The molecule has 1 aromatic carbocycles. The largest absolute Gasteiger partial charge is 0.493 e. The SMILES string of the molecule is C/C=C/c1ccc(OCCC[NH+]2CCC[C@@H](C)C2)c(OC)c1. The van der Waals surface area contributed by atoms with E-state index in [1.807, 2.05) is 25.1 Å². The number of benzene rings is 1. The molecule has 0 saturated carbocycles. The predicted molar refractivity (Wildman–Crippen MR) is 91.8 cm³/mol. The molecule has 2 rings (SSSR count). The maximum atomic E-state index is 5.92. The Balaban J connectivity index is 1.78. The zero-order valence-corrected chi connectivity index (χ0v) is 14.2. The first-order chi connectivity index (χ1) is 10.7. The van der Waals surface area contributed by atoms with Gasteiger partial charge in [0.05, 0.1) is 33.4 Å². The minimum absolute atomic E-state index is 0.761. The number of methoxy groups -OCH3 is 1. The molecule has 0 aliphatic carbocycles. The van der Waals surface area contributed by atoms with Gasteiger partial charge in [0.2, 0.25) is 0 Å². The van der Waals surface area contributed by atoms with Crippen LogP contribution in [0.5, 0.6) is 11.5 Å². The van der Waals surface area contributed by atoms with Crippen LogP contribution in [0.25, 0.3) is 6.08 Å². The lowest BCUT2D eigenvalue weighted by molar-refractivity contribution is -0.908. The molecule has 0 bridgehead atoms. The van der Waals surface area contributed by atoms with E-state index >= 15 is 0 Å². The number of rotatable bonds is 7. The number of allylic oxidation sites excluding steroid dienone is 1. The molecule has 1 saturated heterocycles. The molecule has 1 fully saturated rings. The zero-order valence-electron chi connectivity index (χ0n) is 14.2. The van der Waals surface area contributed by atoms with Crippen molar-refractivity contribution in [2.75, 3.05) is 33.4 Å². The van der Waals surface area contributed by atoms with Crippen LogP contribution in [-0.2, 0) is 0 Å². The summed E-state index contributed by atoms with van der Waals surface area (Å²) in [6.07, 6.45) is 7.96.